The Hall–Kier alpha value is -6.92. The zero-order chi connectivity index (χ0) is 47.5. The van der Waals surface area contributed by atoms with Crippen molar-refractivity contribution in [3.05, 3.63) is 81.1 Å². The molecule has 0 spiro atoms. The number of hydrogen-bond donors (Lipinski definition) is 9. The Morgan fingerprint density at radius 1 is 0.625 bits per heavy atom. The summed E-state index contributed by atoms with van der Waals surface area (Å²) >= 11 is 2.06. The Morgan fingerprint density at radius 2 is 1.11 bits per heavy atom. The Kier molecular flexibility index (Phi) is 20.3. The number of unbranched alkanes of at least 4 members (excludes halogenated alkanes) is 1. The molecule has 2 aromatic carbocycles. The lowest BCUT2D eigenvalue weighted by Crippen LogP contribution is -2.57. The van der Waals surface area contributed by atoms with Gasteiger partial charge in [0.15, 0.2) is 0 Å². The van der Waals surface area contributed by atoms with Gasteiger partial charge in [-0.15, -0.1) is 5.06 Å². The Morgan fingerprint density at radius 3 is 1.62 bits per heavy atom. The van der Waals surface area contributed by atoms with Crippen LogP contribution in [0.5, 0.6) is 0 Å². The summed E-state index contributed by atoms with van der Waals surface area (Å²) in [6.45, 7) is 3.53. The van der Waals surface area contributed by atoms with Crippen LogP contribution in [0.2, 0.25) is 0 Å². The number of aliphatic hydroxyl groups excluding tert-OH is 1. The van der Waals surface area contributed by atoms with Gasteiger partial charge in [0.1, 0.15) is 24.2 Å². The summed E-state index contributed by atoms with van der Waals surface area (Å²) in [6.07, 6.45) is -3.00. The van der Waals surface area contributed by atoms with Crippen molar-refractivity contribution in [1.82, 2.24) is 31.6 Å². The summed E-state index contributed by atoms with van der Waals surface area (Å²) < 4.78 is 0.853. The van der Waals surface area contributed by atoms with Crippen molar-refractivity contribution in [3.8, 4) is 0 Å². The standard InChI is InChI=1S/C41H47IN6O16/c1-22(49)11-12-27(45-38(59)28(13-17-33(52)53)44-36(57)23-6-4-8-25(20-23)41(63)64-48-31(50)15-16-32(48)51)37(58)46-29(14-18-34(54)55)39(60)47-30(40(61)62)10-2-3-19-43-35(56)24-7-5-9-26(42)21-24/h4-9,20-21,27-30,49H,1-3,10-19H2,(H,43,56)(H,44,57)(H,45,59)(H,46,58)(H,47,60)(H,52,53)(H,54,55)(H,61,62)/t27-,28-,29-,30-/m1/s1. The number of benzene rings is 2. The van der Waals surface area contributed by atoms with Crippen LogP contribution in [0.4, 0.5) is 0 Å². The highest BCUT2D eigenvalue weighted by atomic mass is 127. The highest BCUT2D eigenvalue weighted by Gasteiger charge is 2.34. The highest BCUT2D eigenvalue weighted by Crippen LogP contribution is 2.16. The van der Waals surface area contributed by atoms with E-state index in [1.807, 2.05) is 6.07 Å². The van der Waals surface area contributed by atoms with Crippen molar-refractivity contribution in [2.24, 2.45) is 0 Å². The second-order valence-electron chi connectivity index (χ2n) is 14.3. The molecule has 1 fully saturated rings. The predicted octanol–water partition coefficient (Wildman–Crippen LogP) is 1.33. The highest BCUT2D eigenvalue weighted by molar-refractivity contribution is 14.1. The van der Waals surface area contributed by atoms with Gasteiger partial charge in [0.2, 0.25) is 17.7 Å². The van der Waals surface area contributed by atoms with Crippen LogP contribution in [0.1, 0.15) is 102 Å². The fourth-order valence-electron chi connectivity index (χ4n) is 5.96. The van der Waals surface area contributed by atoms with Crippen LogP contribution >= 0.6 is 22.6 Å². The van der Waals surface area contributed by atoms with E-state index < -0.39 is 115 Å². The molecule has 0 aromatic heterocycles. The minimum absolute atomic E-state index is 0.116. The Bertz CT molecular complexity index is 2130. The van der Waals surface area contributed by atoms with Crippen LogP contribution < -0.4 is 26.6 Å². The number of hydrogen-bond acceptors (Lipinski definition) is 13. The number of aliphatic carboxylic acids is 3. The molecular formula is C41H47IN6O16. The van der Waals surface area contributed by atoms with Gasteiger partial charge < -0.3 is 51.8 Å². The number of carboxylic acids is 3. The van der Waals surface area contributed by atoms with E-state index in [1.165, 1.54) is 18.2 Å². The van der Waals surface area contributed by atoms with Gasteiger partial charge in [0, 0.05) is 53.3 Å². The van der Waals surface area contributed by atoms with Crippen LogP contribution in [0, 0.1) is 3.57 Å². The van der Waals surface area contributed by atoms with Crippen molar-refractivity contribution in [1.29, 1.82) is 0 Å². The normalized spacial score (nSPS) is 13.9. The van der Waals surface area contributed by atoms with Gasteiger partial charge in [0.25, 0.3) is 23.6 Å². The van der Waals surface area contributed by atoms with Gasteiger partial charge in [-0.25, -0.2) is 9.59 Å². The Balaban J connectivity index is 1.72. The number of amides is 7. The molecular weight excluding hydrogens is 959 g/mol. The van der Waals surface area contributed by atoms with E-state index in [0.29, 0.717) is 17.0 Å². The maximum absolute atomic E-state index is 13.7. The smallest absolute Gasteiger partial charge is 0.363 e. The number of carboxylic acid groups (broad SMARTS) is 3. The molecule has 1 saturated heterocycles. The largest absolute Gasteiger partial charge is 0.513 e. The average molecular weight is 1010 g/mol. The number of nitrogens with one attached hydrogen (secondary N) is 5. The Labute approximate surface area is 378 Å². The monoisotopic (exact) mass is 1010 g/mol. The maximum atomic E-state index is 13.7. The molecule has 0 aliphatic carbocycles. The van der Waals surface area contributed by atoms with Crippen molar-refractivity contribution in [3.63, 3.8) is 0 Å². The van der Waals surface area contributed by atoms with Crippen molar-refractivity contribution < 1.29 is 78.0 Å². The lowest BCUT2D eigenvalue weighted by atomic mass is 10.0. The molecule has 0 saturated carbocycles. The molecule has 23 heteroatoms. The summed E-state index contributed by atoms with van der Waals surface area (Å²) in [5.74, 6) is -11.9. The number of rotatable bonds is 26. The lowest BCUT2D eigenvalue weighted by Gasteiger charge is -2.26. The van der Waals surface area contributed by atoms with E-state index in [1.54, 1.807) is 18.2 Å². The van der Waals surface area contributed by atoms with E-state index in [4.69, 9.17) is 4.84 Å². The first kappa shape index (κ1) is 51.4. The van der Waals surface area contributed by atoms with Gasteiger partial charge in [-0.05, 0) is 97.5 Å². The molecule has 1 heterocycles. The molecule has 9 N–H and O–H groups in total. The van der Waals surface area contributed by atoms with E-state index in [0.717, 1.165) is 9.64 Å². The molecule has 0 bridgehead atoms. The van der Waals surface area contributed by atoms with Gasteiger partial charge in [-0.1, -0.05) is 18.7 Å². The van der Waals surface area contributed by atoms with Crippen molar-refractivity contribution >= 4 is 87.8 Å². The molecule has 3 rings (SSSR count). The number of allylic oxidation sites excluding steroid dienone is 1. The second-order valence-corrected chi connectivity index (χ2v) is 15.6. The predicted molar refractivity (Wildman–Crippen MR) is 228 cm³/mol. The molecule has 2 aromatic rings. The molecule has 0 unspecified atom stereocenters. The summed E-state index contributed by atoms with van der Waals surface area (Å²) in [5, 5.41) is 50.6. The van der Waals surface area contributed by atoms with Gasteiger partial charge >= 0.3 is 23.9 Å². The summed E-state index contributed by atoms with van der Waals surface area (Å²) in [6, 6.07) is 5.07. The first-order valence-electron chi connectivity index (χ1n) is 19.7. The fraction of sp³-hybridized carbons (Fsp3) is 0.390. The van der Waals surface area contributed by atoms with Gasteiger partial charge in [-0.3, -0.25) is 43.2 Å². The van der Waals surface area contributed by atoms with Gasteiger partial charge in [-0.2, -0.15) is 0 Å². The number of hydroxylamine groups is 2. The van der Waals surface area contributed by atoms with E-state index in [9.17, 15) is 73.2 Å². The zero-order valence-corrected chi connectivity index (χ0v) is 36.3. The first-order chi connectivity index (χ1) is 30.2. The van der Waals surface area contributed by atoms with Crippen molar-refractivity contribution in [2.75, 3.05) is 6.54 Å². The van der Waals surface area contributed by atoms with Crippen LogP contribution in [0.3, 0.4) is 0 Å². The second kappa shape index (κ2) is 25.3. The molecule has 0 radical (unpaired) electrons. The van der Waals surface area contributed by atoms with Crippen LogP contribution in [-0.2, 0) is 43.2 Å². The average Bonchev–Trinajstić information content (AvgIpc) is 3.56. The van der Waals surface area contributed by atoms with Crippen LogP contribution in [0.15, 0.2) is 60.9 Å². The quantitative estimate of drug-likeness (QED) is 0.0278. The lowest BCUT2D eigenvalue weighted by molar-refractivity contribution is -0.172. The van der Waals surface area contributed by atoms with Gasteiger partial charge in [0.05, 0.1) is 11.3 Å². The number of imide groups is 1. The minimum atomic E-state index is -1.67. The number of carbonyl (C=O) groups is 11. The third kappa shape index (κ3) is 17.1. The number of aliphatic hydroxyl groups is 1. The number of nitrogens with zero attached hydrogens (tertiary/aromatic N) is 1. The molecule has 4 atom stereocenters. The zero-order valence-electron chi connectivity index (χ0n) is 34.1. The van der Waals surface area contributed by atoms with Crippen molar-refractivity contribution in [2.45, 2.75) is 94.8 Å². The first-order valence-corrected chi connectivity index (χ1v) is 20.8. The molecule has 64 heavy (non-hydrogen) atoms. The number of carbonyl (C=O) groups excluding carboxylic acids is 8. The van der Waals surface area contributed by atoms with Crippen LogP contribution in [-0.4, -0.2) is 121 Å². The summed E-state index contributed by atoms with van der Waals surface area (Å²) in [7, 11) is 0. The summed E-state index contributed by atoms with van der Waals surface area (Å²) in [4.78, 5) is 143. The molecule has 344 valence electrons. The SMILES string of the molecule is C=C(O)CC[C@@H](NC(=O)[C@@H](CCC(=O)O)NC(=O)c1cccc(C(=O)ON2C(=O)CCC2=O)c1)C(=O)N[C@H](CCC(=O)O)C(=O)N[C@H](CCCCNC(=O)c1cccc(I)c1)C(=O)O. The topological polar surface area (TPSA) is 341 Å². The van der Waals surface area contributed by atoms with E-state index in [-0.39, 0.29) is 62.1 Å². The van der Waals surface area contributed by atoms with E-state index >= 15 is 0 Å². The third-order valence-electron chi connectivity index (χ3n) is 9.35. The van der Waals surface area contributed by atoms with E-state index in [2.05, 4.69) is 55.8 Å². The molecule has 22 nitrogen and oxygen atoms in total. The summed E-state index contributed by atoms with van der Waals surface area (Å²) in [5.41, 5.74) is -0.0864. The maximum Gasteiger partial charge on any atom is 0.363 e. The molecule has 7 amide bonds. The molecule has 1 aliphatic rings. The third-order valence-corrected chi connectivity index (χ3v) is 10.0. The number of halogens is 1. The fourth-order valence-corrected chi connectivity index (χ4v) is 6.50. The molecule has 1 aliphatic heterocycles. The minimum Gasteiger partial charge on any atom is -0.513 e. The van der Waals surface area contributed by atoms with Crippen LogP contribution in [0.25, 0.3) is 0 Å².